The molecule has 4 nitrogen and oxygen atoms in total. The zero-order chi connectivity index (χ0) is 14.1. The van der Waals surface area contributed by atoms with Gasteiger partial charge in [0.1, 0.15) is 11.9 Å². The first-order chi connectivity index (χ1) is 9.66. The smallest absolute Gasteiger partial charge is 0.135 e. The van der Waals surface area contributed by atoms with Gasteiger partial charge in [0, 0.05) is 24.8 Å². The molecule has 1 unspecified atom stereocenters. The van der Waals surface area contributed by atoms with Gasteiger partial charge in [0.25, 0.3) is 0 Å². The second-order valence-electron chi connectivity index (χ2n) is 5.18. The predicted octanol–water partition coefficient (Wildman–Crippen LogP) is 3.17. The van der Waals surface area contributed by atoms with Crippen molar-refractivity contribution in [3.63, 3.8) is 0 Å². The fraction of sp³-hybridized carbons (Fsp3) is 0.250. The van der Waals surface area contributed by atoms with Crippen molar-refractivity contribution in [2.24, 2.45) is 0 Å². The number of aromatic amines is 1. The van der Waals surface area contributed by atoms with Crippen LogP contribution in [0.5, 0.6) is 0 Å². The summed E-state index contributed by atoms with van der Waals surface area (Å²) in [6.45, 7) is 6.42. The quantitative estimate of drug-likeness (QED) is 0.791. The second-order valence-corrected chi connectivity index (χ2v) is 5.18. The standard InChI is InChI=1S/C16H18N4/c1-11-9-12(2)14(13(3)10-11)15(16-17-6-7-18-16)20-8-4-5-19-20/h4-10,15H,1-3H3,(H,17,18). The van der Waals surface area contributed by atoms with Crippen molar-refractivity contribution < 1.29 is 0 Å². The molecule has 4 heteroatoms. The maximum Gasteiger partial charge on any atom is 0.135 e. The van der Waals surface area contributed by atoms with Crippen molar-refractivity contribution in [3.05, 3.63) is 71.1 Å². The predicted molar refractivity (Wildman–Crippen MR) is 78.7 cm³/mol. The van der Waals surface area contributed by atoms with E-state index in [2.05, 4.69) is 48.0 Å². The first-order valence-electron chi connectivity index (χ1n) is 6.73. The van der Waals surface area contributed by atoms with Gasteiger partial charge < -0.3 is 4.98 Å². The largest absolute Gasteiger partial charge is 0.346 e. The minimum Gasteiger partial charge on any atom is -0.346 e. The van der Waals surface area contributed by atoms with Crippen molar-refractivity contribution in [1.82, 2.24) is 19.7 Å². The molecule has 0 radical (unpaired) electrons. The Hall–Kier alpha value is -2.36. The summed E-state index contributed by atoms with van der Waals surface area (Å²) >= 11 is 0. The molecule has 3 aromatic rings. The number of H-pyrrole nitrogens is 1. The lowest BCUT2D eigenvalue weighted by Crippen LogP contribution is -2.17. The van der Waals surface area contributed by atoms with Crippen LogP contribution in [0, 0.1) is 20.8 Å². The molecule has 3 rings (SSSR count). The molecule has 1 aromatic carbocycles. The van der Waals surface area contributed by atoms with E-state index in [4.69, 9.17) is 0 Å². The van der Waals surface area contributed by atoms with Gasteiger partial charge in [0.15, 0.2) is 0 Å². The number of rotatable bonds is 3. The highest BCUT2D eigenvalue weighted by atomic mass is 15.3. The van der Waals surface area contributed by atoms with Crippen molar-refractivity contribution >= 4 is 0 Å². The summed E-state index contributed by atoms with van der Waals surface area (Å²) in [6.07, 6.45) is 7.41. The molecular weight excluding hydrogens is 248 g/mol. The van der Waals surface area contributed by atoms with Gasteiger partial charge in [0.05, 0.1) is 0 Å². The Balaban J connectivity index is 2.21. The molecule has 0 fully saturated rings. The third-order valence-corrected chi connectivity index (χ3v) is 3.58. The first kappa shape index (κ1) is 12.7. The fourth-order valence-corrected chi connectivity index (χ4v) is 2.88. The van der Waals surface area contributed by atoms with Gasteiger partial charge in [-0.1, -0.05) is 17.7 Å². The molecule has 0 saturated heterocycles. The van der Waals surface area contributed by atoms with Crippen LogP contribution in [0.25, 0.3) is 0 Å². The molecule has 2 aromatic heterocycles. The second kappa shape index (κ2) is 4.96. The lowest BCUT2D eigenvalue weighted by molar-refractivity contribution is 0.566. The monoisotopic (exact) mass is 266 g/mol. The highest BCUT2D eigenvalue weighted by molar-refractivity contribution is 5.42. The lowest BCUT2D eigenvalue weighted by atomic mass is 9.93. The summed E-state index contributed by atoms with van der Waals surface area (Å²) in [5.41, 5.74) is 5.07. The minimum atomic E-state index is -0.0133. The number of hydrogen-bond acceptors (Lipinski definition) is 2. The van der Waals surface area contributed by atoms with Crippen LogP contribution in [0.15, 0.2) is 43.0 Å². The SMILES string of the molecule is Cc1cc(C)c(C(c2ncc[nH]2)n2cccn2)c(C)c1. The van der Waals surface area contributed by atoms with E-state index in [1.54, 1.807) is 12.4 Å². The molecule has 20 heavy (non-hydrogen) atoms. The van der Waals surface area contributed by atoms with Crippen molar-refractivity contribution in [2.45, 2.75) is 26.8 Å². The Bertz CT molecular complexity index is 639. The topological polar surface area (TPSA) is 46.5 Å². The molecule has 1 atom stereocenters. The van der Waals surface area contributed by atoms with Crippen LogP contribution < -0.4 is 0 Å². The molecule has 2 heterocycles. The molecule has 0 bridgehead atoms. The number of hydrogen-bond donors (Lipinski definition) is 1. The number of imidazole rings is 1. The van der Waals surface area contributed by atoms with Crippen LogP contribution in [0.4, 0.5) is 0 Å². The molecule has 0 aliphatic carbocycles. The Kier molecular flexibility index (Phi) is 3.14. The van der Waals surface area contributed by atoms with E-state index in [1.165, 1.54) is 22.3 Å². The van der Waals surface area contributed by atoms with Crippen molar-refractivity contribution in [3.8, 4) is 0 Å². The maximum atomic E-state index is 4.44. The highest BCUT2D eigenvalue weighted by Gasteiger charge is 2.22. The van der Waals surface area contributed by atoms with E-state index < -0.39 is 0 Å². The Morgan fingerprint density at radius 2 is 1.85 bits per heavy atom. The minimum absolute atomic E-state index is 0.0133. The van der Waals surface area contributed by atoms with Gasteiger partial charge in [-0.05, 0) is 43.5 Å². The first-order valence-corrected chi connectivity index (χ1v) is 6.73. The molecule has 0 aliphatic heterocycles. The molecule has 0 spiro atoms. The molecule has 0 saturated carbocycles. The van der Waals surface area contributed by atoms with E-state index >= 15 is 0 Å². The molecule has 1 N–H and O–H groups in total. The van der Waals surface area contributed by atoms with Gasteiger partial charge in [0.2, 0.25) is 0 Å². The summed E-state index contributed by atoms with van der Waals surface area (Å²) in [5.74, 6) is 0.906. The van der Waals surface area contributed by atoms with E-state index in [1.807, 2.05) is 23.1 Å². The van der Waals surface area contributed by atoms with Gasteiger partial charge in [-0.15, -0.1) is 0 Å². The summed E-state index contributed by atoms with van der Waals surface area (Å²) < 4.78 is 1.95. The van der Waals surface area contributed by atoms with Gasteiger partial charge in [-0.3, -0.25) is 4.68 Å². The summed E-state index contributed by atoms with van der Waals surface area (Å²) in [5, 5.41) is 4.41. The molecule has 0 aliphatic rings. The van der Waals surface area contributed by atoms with E-state index in [9.17, 15) is 0 Å². The van der Waals surface area contributed by atoms with Gasteiger partial charge in [-0.25, -0.2) is 4.98 Å². The van der Waals surface area contributed by atoms with E-state index in [0.29, 0.717) is 0 Å². The van der Waals surface area contributed by atoms with Crippen LogP contribution >= 0.6 is 0 Å². The third-order valence-electron chi connectivity index (χ3n) is 3.58. The summed E-state index contributed by atoms with van der Waals surface area (Å²) in [4.78, 5) is 7.66. The fourth-order valence-electron chi connectivity index (χ4n) is 2.88. The molecule has 0 amide bonds. The van der Waals surface area contributed by atoms with Crippen LogP contribution in [0.2, 0.25) is 0 Å². The van der Waals surface area contributed by atoms with Crippen LogP contribution in [0.3, 0.4) is 0 Å². The lowest BCUT2D eigenvalue weighted by Gasteiger charge is -2.21. The van der Waals surface area contributed by atoms with Crippen molar-refractivity contribution in [2.75, 3.05) is 0 Å². The number of nitrogens with zero attached hydrogens (tertiary/aromatic N) is 3. The van der Waals surface area contributed by atoms with Crippen LogP contribution in [-0.4, -0.2) is 19.7 Å². The summed E-state index contributed by atoms with van der Waals surface area (Å²) in [7, 11) is 0. The van der Waals surface area contributed by atoms with E-state index in [-0.39, 0.29) is 6.04 Å². The zero-order valence-corrected chi connectivity index (χ0v) is 12.0. The molecule has 102 valence electrons. The molecular formula is C16H18N4. The highest BCUT2D eigenvalue weighted by Crippen LogP contribution is 2.29. The summed E-state index contributed by atoms with van der Waals surface area (Å²) in [6, 6.07) is 6.35. The van der Waals surface area contributed by atoms with Crippen LogP contribution in [0.1, 0.15) is 34.1 Å². The van der Waals surface area contributed by atoms with Gasteiger partial charge >= 0.3 is 0 Å². The van der Waals surface area contributed by atoms with Crippen LogP contribution in [-0.2, 0) is 0 Å². The van der Waals surface area contributed by atoms with E-state index in [0.717, 1.165) is 5.82 Å². The number of aryl methyl sites for hydroxylation is 3. The normalized spacial score (nSPS) is 12.6. The number of benzene rings is 1. The zero-order valence-electron chi connectivity index (χ0n) is 12.0. The average Bonchev–Trinajstić information content (AvgIpc) is 3.07. The average molecular weight is 266 g/mol. The van der Waals surface area contributed by atoms with Crippen molar-refractivity contribution in [1.29, 1.82) is 0 Å². The Morgan fingerprint density at radius 3 is 2.40 bits per heavy atom. The third kappa shape index (κ3) is 2.13. The Labute approximate surface area is 118 Å². The number of nitrogens with one attached hydrogen (secondary N) is 1. The Morgan fingerprint density at radius 1 is 1.10 bits per heavy atom. The van der Waals surface area contributed by atoms with Gasteiger partial charge in [-0.2, -0.15) is 5.10 Å². The maximum absolute atomic E-state index is 4.44. The number of aromatic nitrogens is 4.